The third-order valence-corrected chi connectivity index (χ3v) is 3.41. The number of methoxy groups -OCH3 is 1. The monoisotopic (exact) mass is 319 g/mol. The van der Waals surface area contributed by atoms with Gasteiger partial charge in [0.2, 0.25) is 5.91 Å². The lowest BCUT2D eigenvalue weighted by Gasteiger charge is -2.15. The van der Waals surface area contributed by atoms with E-state index >= 15 is 0 Å². The minimum Gasteiger partial charge on any atom is -0.495 e. The van der Waals surface area contributed by atoms with Crippen LogP contribution in [0.5, 0.6) is 5.75 Å². The van der Waals surface area contributed by atoms with Gasteiger partial charge in [-0.05, 0) is 24.6 Å². The first kappa shape index (κ1) is 17.0. The maximum absolute atomic E-state index is 11.9. The second kappa shape index (κ2) is 7.69. The average molecular weight is 320 g/mol. The van der Waals surface area contributed by atoms with E-state index in [0.717, 1.165) is 19.5 Å². The highest BCUT2D eigenvalue weighted by Gasteiger charge is 2.21. The van der Waals surface area contributed by atoms with Gasteiger partial charge in [-0.2, -0.15) is 0 Å². The van der Waals surface area contributed by atoms with Crippen molar-refractivity contribution in [1.82, 2.24) is 4.90 Å². The van der Waals surface area contributed by atoms with Gasteiger partial charge in [-0.15, -0.1) is 12.4 Å². The largest absolute Gasteiger partial charge is 0.495 e. The molecule has 0 saturated carbocycles. The van der Waals surface area contributed by atoms with E-state index in [2.05, 4.69) is 5.32 Å². The first-order valence-corrected chi connectivity index (χ1v) is 6.57. The molecule has 1 fully saturated rings. The normalized spacial score (nSPS) is 18.4. The molecule has 0 aromatic heterocycles. The number of hydrogen-bond donors (Lipinski definition) is 2. The Labute approximate surface area is 129 Å². The highest BCUT2D eigenvalue weighted by Crippen LogP contribution is 2.27. The van der Waals surface area contributed by atoms with Crippen molar-refractivity contribution in [3.05, 3.63) is 23.2 Å². The Morgan fingerprint density at radius 2 is 2.35 bits per heavy atom. The summed E-state index contributed by atoms with van der Waals surface area (Å²) in [5, 5.41) is 3.29. The Bertz CT molecular complexity index is 471. The maximum Gasteiger partial charge on any atom is 0.238 e. The molecule has 1 atom stereocenters. The van der Waals surface area contributed by atoms with Crippen molar-refractivity contribution < 1.29 is 9.53 Å². The number of nitrogens with two attached hydrogens (primary N) is 1. The van der Waals surface area contributed by atoms with Crippen molar-refractivity contribution in [3.63, 3.8) is 0 Å². The number of likely N-dealkylation sites (tertiary alicyclic amines) is 1. The van der Waals surface area contributed by atoms with Crippen molar-refractivity contribution in [2.24, 2.45) is 5.73 Å². The highest BCUT2D eigenvalue weighted by atomic mass is 35.5. The van der Waals surface area contributed by atoms with Crippen LogP contribution in [0.25, 0.3) is 0 Å². The zero-order valence-electron chi connectivity index (χ0n) is 11.3. The first-order chi connectivity index (χ1) is 9.08. The van der Waals surface area contributed by atoms with E-state index in [-0.39, 0.29) is 24.4 Å². The summed E-state index contributed by atoms with van der Waals surface area (Å²) in [6.45, 7) is 2.01. The van der Waals surface area contributed by atoms with Crippen molar-refractivity contribution in [3.8, 4) is 5.75 Å². The zero-order chi connectivity index (χ0) is 13.8. The molecule has 0 aliphatic carbocycles. The lowest BCUT2D eigenvalue weighted by atomic mass is 10.3. The molecule has 0 spiro atoms. The molecule has 1 aromatic rings. The summed E-state index contributed by atoms with van der Waals surface area (Å²) in [5.74, 6) is 0.528. The van der Waals surface area contributed by atoms with Gasteiger partial charge in [0.1, 0.15) is 5.75 Å². The molecule has 112 valence electrons. The van der Waals surface area contributed by atoms with E-state index in [1.165, 1.54) is 0 Å². The van der Waals surface area contributed by atoms with Gasteiger partial charge in [0.05, 0.1) is 18.7 Å². The van der Waals surface area contributed by atoms with Gasteiger partial charge in [0, 0.05) is 24.8 Å². The van der Waals surface area contributed by atoms with Gasteiger partial charge in [-0.1, -0.05) is 11.6 Å². The molecule has 1 heterocycles. The number of anilines is 1. The Morgan fingerprint density at radius 3 is 2.90 bits per heavy atom. The molecule has 0 radical (unpaired) electrons. The van der Waals surface area contributed by atoms with E-state index in [1.54, 1.807) is 25.3 Å². The summed E-state index contributed by atoms with van der Waals surface area (Å²) >= 11 is 6.00. The second-order valence-electron chi connectivity index (χ2n) is 4.68. The number of nitrogens with zero attached hydrogens (tertiary/aromatic N) is 1. The fraction of sp³-hybridized carbons (Fsp3) is 0.462. The molecule has 7 heteroatoms. The minimum atomic E-state index is -0.0599. The Balaban J connectivity index is 0.00000200. The van der Waals surface area contributed by atoms with Crippen LogP contribution in [0.15, 0.2) is 18.2 Å². The lowest BCUT2D eigenvalue weighted by Crippen LogP contribution is -2.33. The summed E-state index contributed by atoms with van der Waals surface area (Å²) < 4.78 is 5.06. The van der Waals surface area contributed by atoms with E-state index in [0.29, 0.717) is 23.0 Å². The van der Waals surface area contributed by atoms with Crippen LogP contribution in [0.3, 0.4) is 0 Å². The molecular weight excluding hydrogens is 301 g/mol. The minimum absolute atomic E-state index is 0. The van der Waals surface area contributed by atoms with Crippen LogP contribution in [0.2, 0.25) is 5.02 Å². The molecule has 1 aliphatic heterocycles. The molecular formula is C13H19Cl2N3O2. The van der Waals surface area contributed by atoms with Crippen LogP contribution >= 0.6 is 24.0 Å². The summed E-state index contributed by atoms with van der Waals surface area (Å²) in [5.41, 5.74) is 6.47. The number of amides is 1. The van der Waals surface area contributed by atoms with Crippen LogP contribution < -0.4 is 15.8 Å². The van der Waals surface area contributed by atoms with Crippen LogP contribution in [0.4, 0.5) is 5.69 Å². The maximum atomic E-state index is 11.9. The van der Waals surface area contributed by atoms with Crippen molar-refractivity contribution in [2.75, 3.05) is 32.1 Å². The van der Waals surface area contributed by atoms with Crippen LogP contribution in [-0.2, 0) is 4.79 Å². The fourth-order valence-electron chi connectivity index (χ4n) is 2.15. The van der Waals surface area contributed by atoms with Crippen LogP contribution in [0, 0.1) is 0 Å². The smallest absolute Gasteiger partial charge is 0.238 e. The molecule has 5 nitrogen and oxygen atoms in total. The molecule has 3 N–H and O–H groups in total. The Hall–Kier alpha value is -1.01. The summed E-state index contributed by atoms with van der Waals surface area (Å²) in [7, 11) is 1.55. The third kappa shape index (κ3) is 4.52. The topological polar surface area (TPSA) is 67.6 Å². The highest BCUT2D eigenvalue weighted by molar-refractivity contribution is 6.32. The number of halogens is 2. The summed E-state index contributed by atoms with van der Waals surface area (Å²) in [6.07, 6.45) is 0.946. The standard InChI is InChI=1S/C13H18ClN3O2.ClH/c1-19-12-3-2-10(6-11(12)14)16-13(18)8-17-5-4-9(15)7-17;/h2-3,6,9H,4-5,7-8,15H2,1H3,(H,16,18);1H/t9-;/m1./s1. The van der Waals surface area contributed by atoms with Gasteiger partial charge >= 0.3 is 0 Å². The van der Waals surface area contributed by atoms with Gasteiger partial charge in [-0.3, -0.25) is 9.69 Å². The van der Waals surface area contributed by atoms with Crippen molar-refractivity contribution >= 4 is 35.6 Å². The predicted molar refractivity (Wildman–Crippen MR) is 82.9 cm³/mol. The molecule has 1 aliphatic rings. The number of carbonyl (C=O) groups is 1. The number of rotatable bonds is 4. The number of benzene rings is 1. The molecule has 1 aromatic carbocycles. The summed E-state index contributed by atoms with van der Waals surface area (Å²) in [6, 6.07) is 5.35. The van der Waals surface area contributed by atoms with E-state index in [1.807, 2.05) is 4.90 Å². The van der Waals surface area contributed by atoms with E-state index in [9.17, 15) is 4.79 Å². The molecule has 1 saturated heterocycles. The molecule has 20 heavy (non-hydrogen) atoms. The van der Waals surface area contributed by atoms with E-state index < -0.39 is 0 Å². The molecule has 0 bridgehead atoms. The van der Waals surface area contributed by atoms with Crippen molar-refractivity contribution in [1.29, 1.82) is 0 Å². The number of ether oxygens (including phenoxy) is 1. The molecule has 0 unspecified atom stereocenters. The van der Waals surface area contributed by atoms with Gasteiger partial charge in [-0.25, -0.2) is 0 Å². The average Bonchev–Trinajstić information content (AvgIpc) is 2.74. The zero-order valence-corrected chi connectivity index (χ0v) is 12.8. The predicted octanol–water partition coefficient (Wildman–Crippen LogP) is 1.74. The SMILES string of the molecule is COc1ccc(NC(=O)CN2CC[C@@H](N)C2)cc1Cl.Cl. The molecule has 1 amide bonds. The van der Waals surface area contributed by atoms with Crippen LogP contribution in [-0.4, -0.2) is 43.6 Å². The fourth-order valence-corrected chi connectivity index (χ4v) is 2.41. The first-order valence-electron chi connectivity index (χ1n) is 6.20. The molecule has 2 rings (SSSR count). The Kier molecular flexibility index (Phi) is 6.55. The lowest BCUT2D eigenvalue weighted by molar-refractivity contribution is -0.117. The number of hydrogen-bond acceptors (Lipinski definition) is 4. The second-order valence-corrected chi connectivity index (χ2v) is 5.09. The van der Waals surface area contributed by atoms with Gasteiger partial charge in [0.25, 0.3) is 0 Å². The van der Waals surface area contributed by atoms with Crippen molar-refractivity contribution in [2.45, 2.75) is 12.5 Å². The van der Waals surface area contributed by atoms with Gasteiger partial charge < -0.3 is 15.8 Å². The van der Waals surface area contributed by atoms with Gasteiger partial charge in [0.15, 0.2) is 0 Å². The van der Waals surface area contributed by atoms with E-state index in [4.69, 9.17) is 22.1 Å². The number of carbonyl (C=O) groups excluding carboxylic acids is 1. The quantitative estimate of drug-likeness (QED) is 0.887. The van der Waals surface area contributed by atoms with Crippen LogP contribution in [0.1, 0.15) is 6.42 Å². The third-order valence-electron chi connectivity index (χ3n) is 3.11. The number of nitrogens with one attached hydrogen (secondary N) is 1. The summed E-state index contributed by atoms with van der Waals surface area (Å²) in [4.78, 5) is 13.9. The Morgan fingerprint density at radius 1 is 1.60 bits per heavy atom.